The number of carbonyl (C=O) groups excluding carboxylic acids is 11. The van der Waals surface area contributed by atoms with Crippen LogP contribution in [0.25, 0.3) is 0 Å². The molecule has 4 N–H and O–H groups in total. The number of fused-ring (bicyclic) bond motifs is 3. The van der Waals surface area contributed by atoms with Crippen LogP contribution in [0.15, 0.2) is 12.3 Å². The average Bonchev–Trinajstić information content (AvgIpc) is 1.23. The SMILES string of the molecule is C=C([C@@H]1CC(=O)N(C)[C@@H](CC2CCCNC2)C(=O)N[C@@H]([C@@H](C)CC)C(=O)N(C)CC(=O)N(C)[C@H]2CCCCCN(C2=O)[C@@H](CC2CCC(F)CC2)C(=O)N(C)CC(=O)N[C@@H](CCC2CC(F)C(C(F)(F)F)C(F)C2)C(=O)N2C[C@H](OCC)C[C@H]2C(=O)NC2(CCC2)C(=O)N(C)[C@@H](C2CCCC2)C(=O)N1C)N(C)C. The molecule has 13 atom stereocenters. The van der Waals surface area contributed by atoms with E-state index in [0.29, 0.717) is 70.0 Å². The van der Waals surface area contributed by atoms with E-state index in [1.54, 1.807) is 32.8 Å². The highest BCUT2D eigenvalue weighted by Gasteiger charge is 2.56. The maximum Gasteiger partial charge on any atom is 0.397 e. The van der Waals surface area contributed by atoms with Crippen LogP contribution in [-0.2, 0) is 57.5 Å². The van der Waals surface area contributed by atoms with Crippen molar-refractivity contribution in [3.8, 4) is 0 Å². The Hall–Kier alpha value is -6.79. The van der Waals surface area contributed by atoms with Gasteiger partial charge in [0.1, 0.15) is 72.3 Å². The molecule has 31 heteroatoms. The lowest BCUT2D eigenvalue weighted by molar-refractivity contribution is -0.219. The number of carbonyl (C=O) groups is 11. The van der Waals surface area contributed by atoms with E-state index < -0.39 is 200 Å². The van der Waals surface area contributed by atoms with Gasteiger partial charge in [-0.15, -0.1) is 0 Å². The summed E-state index contributed by atoms with van der Waals surface area (Å²) in [5, 5.41) is 12.1. The zero-order chi connectivity index (χ0) is 79.4. The fourth-order valence-electron chi connectivity index (χ4n) is 18.0. The first kappa shape index (κ1) is 86.8. The number of piperidine rings is 1. The van der Waals surface area contributed by atoms with Crippen LogP contribution in [0.2, 0.25) is 0 Å². The highest BCUT2D eigenvalue weighted by atomic mass is 19.4. The summed E-state index contributed by atoms with van der Waals surface area (Å²) in [6.45, 7) is 9.65. The Morgan fingerprint density at radius 3 is 1.85 bits per heavy atom. The highest BCUT2D eigenvalue weighted by Crippen LogP contribution is 2.45. The van der Waals surface area contributed by atoms with Crippen LogP contribution in [0, 0.1) is 35.5 Å². The van der Waals surface area contributed by atoms with Crippen LogP contribution in [-0.4, -0.2) is 296 Å². The summed E-state index contributed by atoms with van der Waals surface area (Å²) in [5.41, 5.74) is -1.25. The quantitative estimate of drug-likeness (QED) is 0.144. The molecule has 8 aliphatic rings. The van der Waals surface area contributed by atoms with Crippen molar-refractivity contribution in [2.45, 2.75) is 272 Å². The number of alkyl halides is 6. The van der Waals surface area contributed by atoms with Crippen LogP contribution >= 0.6 is 0 Å². The van der Waals surface area contributed by atoms with Crippen molar-refractivity contribution in [3.05, 3.63) is 12.3 Å². The lowest BCUT2D eigenvalue weighted by Crippen LogP contribution is -2.68. The second kappa shape index (κ2) is 38.4. The molecular formula is C77H123F6N13O12. The van der Waals surface area contributed by atoms with Gasteiger partial charge < -0.3 is 70.1 Å². The summed E-state index contributed by atoms with van der Waals surface area (Å²) in [5.74, 6) is -12.5. The van der Waals surface area contributed by atoms with E-state index in [4.69, 9.17) is 4.74 Å². The highest BCUT2D eigenvalue weighted by molar-refractivity contribution is 6.00. The number of ether oxygens (including phenoxy) is 1. The smallest absolute Gasteiger partial charge is 0.380 e. The summed E-state index contributed by atoms with van der Waals surface area (Å²) in [7, 11) is 12.2. The van der Waals surface area contributed by atoms with Gasteiger partial charge in [0.15, 0.2) is 0 Å². The molecule has 4 saturated carbocycles. The van der Waals surface area contributed by atoms with Crippen LogP contribution < -0.4 is 21.3 Å². The number of hydrogen-bond acceptors (Lipinski definition) is 14. The summed E-state index contributed by atoms with van der Waals surface area (Å²) in [6, 6.07) is -9.99. The van der Waals surface area contributed by atoms with E-state index >= 15 is 47.1 Å². The number of hydrogen-bond donors (Lipinski definition) is 4. The summed E-state index contributed by atoms with van der Waals surface area (Å²) < 4.78 is 93.8. The Morgan fingerprint density at radius 1 is 0.620 bits per heavy atom. The van der Waals surface area contributed by atoms with Crippen molar-refractivity contribution >= 4 is 65.0 Å². The van der Waals surface area contributed by atoms with Crippen molar-refractivity contribution in [3.63, 3.8) is 0 Å². The van der Waals surface area contributed by atoms with Crippen molar-refractivity contribution < 1.29 is 83.8 Å². The van der Waals surface area contributed by atoms with Gasteiger partial charge in [-0.2, -0.15) is 13.2 Å². The van der Waals surface area contributed by atoms with Gasteiger partial charge in [-0.25, -0.2) is 13.2 Å². The zero-order valence-corrected chi connectivity index (χ0v) is 65.6. The van der Waals surface area contributed by atoms with E-state index in [-0.39, 0.29) is 102 Å². The van der Waals surface area contributed by atoms with Gasteiger partial charge in [-0.1, -0.05) is 52.5 Å². The number of amides is 11. The number of halogens is 6. The molecule has 8 rings (SSSR count). The van der Waals surface area contributed by atoms with E-state index in [0.717, 1.165) is 37.1 Å². The van der Waals surface area contributed by atoms with Gasteiger partial charge in [0.2, 0.25) is 65.0 Å². The first-order valence-electron chi connectivity index (χ1n) is 39.8. The van der Waals surface area contributed by atoms with Gasteiger partial charge >= 0.3 is 6.18 Å². The largest absolute Gasteiger partial charge is 0.397 e. The van der Waals surface area contributed by atoms with Crippen LogP contribution in [0.4, 0.5) is 26.3 Å². The maximum absolute atomic E-state index is 15.7. The molecule has 610 valence electrons. The third-order valence-electron chi connectivity index (χ3n) is 25.2. The molecule has 4 saturated heterocycles. The summed E-state index contributed by atoms with van der Waals surface area (Å²) in [4.78, 5) is 180. The molecule has 8 fully saturated rings. The summed E-state index contributed by atoms with van der Waals surface area (Å²) >= 11 is 0. The molecule has 0 aromatic heterocycles. The first-order chi connectivity index (χ1) is 51.0. The minimum absolute atomic E-state index is 0.0455. The molecule has 108 heavy (non-hydrogen) atoms. The Morgan fingerprint density at radius 2 is 1.26 bits per heavy atom. The monoisotopic (exact) mass is 1540 g/mol. The van der Waals surface area contributed by atoms with Gasteiger partial charge in [0.05, 0.1) is 31.7 Å². The number of rotatable bonds is 14. The molecule has 0 radical (unpaired) electrons. The van der Waals surface area contributed by atoms with Gasteiger partial charge in [-0.05, 0) is 172 Å². The molecule has 0 aromatic carbocycles. The molecule has 1 spiro atoms. The Kier molecular flexibility index (Phi) is 30.9. The minimum atomic E-state index is -5.18. The van der Waals surface area contributed by atoms with Crippen molar-refractivity contribution in [1.29, 1.82) is 0 Å². The van der Waals surface area contributed by atoms with Crippen LogP contribution in [0.3, 0.4) is 0 Å². The zero-order valence-electron chi connectivity index (χ0n) is 65.6. The first-order valence-corrected chi connectivity index (χ1v) is 39.8. The van der Waals surface area contributed by atoms with Crippen molar-refractivity contribution in [2.75, 3.05) is 102 Å². The topological polar surface area (TPSA) is 274 Å². The minimum Gasteiger partial charge on any atom is -0.380 e. The summed E-state index contributed by atoms with van der Waals surface area (Å²) in [6.07, 6.45) is -6.49. The third kappa shape index (κ3) is 21.0. The average molecular weight is 1540 g/mol. The molecule has 25 nitrogen and oxygen atoms in total. The Balaban J connectivity index is 1.20. The molecular weight excluding hydrogens is 1410 g/mol. The number of likely N-dealkylation sites (N-methyl/N-ethyl adjacent to an activating group) is 7. The second-order valence-corrected chi connectivity index (χ2v) is 32.8. The van der Waals surface area contributed by atoms with Crippen molar-refractivity contribution in [2.24, 2.45) is 35.5 Å². The normalized spacial score (nSPS) is 33.1. The van der Waals surface area contributed by atoms with Crippen LogP contribution in [0.1, 0.15) is 188 Å². The molecule has 3 unspecified atom stereocenters. The van der Waals surface area contributed by atoms with Gasteiger partial charge in [-0.3, -0.25) is 52.7 Å². The molecule has 0 aromatic rings. The lowest BCUT2D eigenvalue weighted by atomic mass is 9.74. The molecule has 2 bridgehead atoms. The van der Waals surface area contributed by atoms with E-state index in [1.807, 2.05) is 6.92 Å². The lowest BCUT2D eigenvalue weighted by Gasteiger charge is -2.47. The van der Waals surface area contributed by atoms with E-state index in [2.05, 4.69) is 27.8 Å². The second-order valence-electron chi connectivity index (χ2n) is 32.8. The van der Waals surface area contributed by atoms with E-state index in [1.165, 1.54) is 76.6 Å². The Labute approximate surface area is 634 Å². The van der Waals surface area contributed by atoms with Crippen molar-refractivity contribution in [1.82, 2.24) is 65.4 Å². The number of nitrogens with zero attached hydrogens (tertiary/aromatic N) is 9. The Bertz CT molecular complexity index is 3150. The predicted octanol–water partition coefficient (Wildman–Crippen LogP) is 6.07. The standard InChI is InChI=1S/C77H123F6N13O12/c1-13-46(3)66-73(105)90(8)45-64(99)91(9)57-25-16-15-19-35-95(72(57)104)61(38-48-26-29-52(78)30-27-48)71(103)89(7)44-62(97)85-56(31-28-49-36-54(79)65(55(80)37-49)77(81,82)83)70(102)96-43-53(108-14-2)40-60(96)69(101)87-76(32-21-33-76)75(107)94(12)67(51-23-17-18-24-51)74(106)93(11)58(47(4)88(5)6)41-63(98)92(10)59(68(100)86-66)39-50-22-20-34-84-42-50/h46,48-61,65-67,84H,4,13-45H2,1-3,5-12H3,(H,85,97)(H,86,100)(H,87,101)/t46-,48?,49?,50?,52?,53+,54?,55?,56-,57-,58-,59-,60-,61-,65?,66-,67-/m0/s1. The van der Waals surface area contributed by atoms with Gasteiger partial charge in [0, 0.05) is 88.2 Å². The molecule has 4 aliphatic carbocycles. The molecule has 4 aliphatic heterocycles. The fourth-order valence-corrected chi connectivity index (χ4v) is 18.0. The van der Waals surface area contributed by atoms with E-state index in [9.17, 15) is 31.9 Å². The van der Waals surface area contributed by atoms with Crippen LogP contribution in [0.5, 0.6) is 0 Å². The maximum atomic E-state index is 15.7. The fraction of sp³-hybridized carbons (Fsp3) is 0.831. The predicted molar refractivity (Wildman–Crippen MR) is 391 cm³/mol. The third-order valence-corrected chi connectivity index (χ3v) is 25.2. The van der Waals surface area contributed by atoms with Gasteiger partial charge in [0.25, 0.3) is 0 Å². The molecule has 11 amide bonds. The number of nitrogens with one attached hydrogen (secondary N) is 4. The molecule has 4 heterocycles.